The van der Waals surface area contributed by atoms with Crippen molar-refractivity contribution in [2.24, 2.45) is 4.99 Å². The van der Waals surface area contributed by atoms with E-state index >= 15 is 0 Å². The molecule has 18 heavy (non-hydrogen) atoms. The van der Waals surface area contributed by atoms with Gasteiger partial charge in [0.15, 0.2) is 0 Å². The SMILES string of the molecule is OCCCCCCCCCCCCC1=NCC=C1. The van der Waals surface area contributed by atoms with Crippen LogP contribution in [0, 0.1) is 0 Å². The minimum Gasteiger partial charge on any atom is -0.396 e. The molecule has 0 saturated heterocycles. The molecule has 1 aliphatic rings. The first-order valence-corrected chi connectivity index (χ1v) is 7.74. The van der Waals surface area contributed by atoms with Gasteiger partial charge in [-0.1, -0.05) is 57.4 Å². The molecule has 1 rings (SSSR count). The van der Waals surface area contributed by atoms with E-state index in [1.54, 1.807) is 0 Å². The van der Waals surface area contributed by atoms with Crippen molar-refractivity contribution in [1.29, 1.82) is 0 Å². The topological polar surface area (TPSA) is 32.6 Å². The van der Waals surface area contributed by atoms with Crippen LogP contribution in [0.25, 0.3) is 0 Å². The summed E-state index contributed by atoms with van der Waals surface area (Å²) in [7, 11) is 0. The smallest absolute Gasteiger partial charge is 0.0577 e. The molecule has 0 aromatic heterocycles. The van der Waals surface area contributed by atoms with Crippen molar-refractivity contribution < 1.29 is 5.11 Å². The first-order chi connectivity index (χ1) is 8.93. The summed E-state index contributed by atoms with van der Waals surface area (Å²) in [6, 6.07) is 0. The number of aliphatic imine (C=N–C) groups is 1. The maximum Gasteiger partial charge on any atom is 0.0577 e. The lowest BCUT2D eigenvalue weighted by atomic mass is 10.0. The molecule has 0 amide bonds. The van der Waals surface area contributed by atoms with Gasteiger partial charge in [-0.15, -0.1) is 0 Å². The first kappa shape index (κ1) is 15.4. The lowest BCUT2D eigenvalue weighted by molar-refractivity contribution is 0.282. The van der Waals surface area contributed by atoms with E-state index in [-0.39, 0.29) is 0 Å². The third kappa shape index (κ3) is 8.46. The lowest BCUT2D eigenvalue weighted by Gasteiger charge is -2.02. The molecule has 1 heterocycles. The van der Waals surface area contributed by atoms with Crippen LogP contribution in [-0.2, 0) is 0 Å². The van der Waals surface area contributed by atoms with Gasteiger partial charge in [0.2, 0.25) is 0 Å². The molecular weight excluding hydrogens is 222 g/mol. The standard InChI is InChI=1S/C16H29NO/c18-15-10-8-6-4-2-1-3-5-7-9-12-16-13-11-14-17-16/h11,13,18H,1-10,12,14-15H2. The van der Waals surface area contributed by atoms with E-state index in [0.29, 0.717) is 6.61 Å². The largest absolute Gasteiger partial charge is 0.396 e. The number of nitrogens with zero attached hydrogens (tertiary/aromatic N) is 1. The van der Waals surface area contributed by atoms with E-state index in [4.69, 9.17) is 5.11 Å². The van der Waals surface area contributed by atoms with Crippen molar-refractivity contribution in [3.05, 3.63) is 12.2 Å². The number of allylic oxidation sites excluding steroid dienone is 1. The maximum absolute atomic E-state index is 8.66. The van der Waals surface area contributed by atoms with E-state index in [9.17, 15) is 0 Å². The summed E-state index contributed by atoms with van der Waals surface area (Å²) in [5, 5.41) is 8.66. The second kappa shape index (κ2) is 11.5. The Labute approximate surface area is 112 Å². The second-order valence-electron chi connectivity index (χ2n) is 5.24. The molecule has 0 radical (unpaired) electrons. The van der Waals surface area contributed by atoms with E-state index in [0.717, 1.165) is 13.0 Å². The molecule has 0 bridgehead atoms. The van der Waals surface area contributed by atoms with Crippen molar-refractivity contribution in [3.63, 3.8) is 0 Å². The zero-order valence-electron chi connectivity index (χ0n) is 11.7. The first-order valence-electron chi connectivity index (χ1n) is 7.74. The number of hydrogen-bond acceptors (Lipinski definition) is 2. The Morgan fingerprint density at radius 1 is 0.833 bits per heavy atom. The molecule has 0 aromatic rings. The Morgan fingerprint density at radius 2 is 1.39 bits per heavy atom. The number of aliphatic hydroxyl groups excluding tert-OH is 1. The van der Waals surface area contributed by atoms with Crippen LogP contribution in [0.3, 0.4) is 0 Å². The Hall–Kier alpha value is -0.630. The highest BCUT2D eigenvalue weighted by molar-refractivity contribution is 5.96. The molecule has 0 atom stereocenters. The second-order valence-corrected chi connectivity index (χ2v) is 5.24. The molecule has 0 spiro atoms. The van der Waals surface area contributed by atoms with Crippen molar-refractivity contribution in [2.45, 2.75) is 70.6 Å². The van der Waals surface area contributed by atoms with Crippen LogP contribution in [0.15, 0.2) is 17.1 Å². The Balaban J connectivity index is 1.72. The predicted octanol–water partition coefficient (Wildman–Crippen LogP) is 4.28. The van der Waals surface area contributed by atoms with Crippen LogP contribution >= 0.6 is 0 Å². The number of hydrogen-bond donors (Lipinski definition) is 1. The van der Waals surface area contributed by atoms with Crippen LogP contribution < -0.4 is 0 Å². The van der Waals surface area contributed by atoms with Gasteiger partial charge >= 0.3 is 0 Å². The maximum atomic E-state index is 8.66. The zero-order valence-corrected chi connectivity index (χ0v) is 11.7. The highest BCUT2D eigenvalue weighted by Crippen LogP contribution is 2.12. The van der Waals surface area contributed by atoms with Gasteiger partial charge in [-0.25, -0.2) is 0 Å². The third-order valence-electron chi connectivity index (χ3n) is 3.55. The van der Waals surface area contributed by atoms with Gasteiger partial charge in [-0.05, 0) is 25.3 Å². The van der Waals surface area contributed by atoms with Gasteiger partial charge < -0.3 is 5.11 Å². The molecule has 0 aliphatic carbocycles. The van der Waals surface area contributed by atoms with Crippen molar-refractivity contribution in [1.82, 2.24) is 0 Å². The van der Waals surface area contributed by atoms with Gasteiger partial charge in [0.1, 0.15) is 0 Å². The van der Waals surface area contributed by atoms with Crippen molar-refractivity contribution in [3.8, 4) is 0 Å². The molecule has 1 N–H and O–H groups in total. The number of rotatable bonds is 12. The fraction of sp³-hybridized carbons (Fsp3) is 0.812. The fourth-order valence-electron chi connectivity index (χ4n) is 2.41. The summed E-state index contributed by atoms with van der Waals surface area (Å²) in [6.07, 6.45) is 18.5. The molecular formula is C16H29NO. The Morgan fingerprint density at radius 3 is 1.89 bits per heavy atom. The minimum atomic E-state index is 0.362. The van der Waals surface area contributed by atoms with E-state index in [1.807, 2.05) is 0 Å². The summed E-state index contributed by atoms with van der Waals surface area (Å²) in [4.78, 5) is 4.41. The van der Waals surface area contributed by atoms with Gasteiger partial charge in [0.05, 0.1) is 6.54 Å². The zero-order chi connectivity index (χ0) is 12.9. The highest BCUT2D eigenvalue weighted by atomic mass is 16.2. The van der Waals surface area contributed by atoms with Crippen LogP contribution in [0.4, 0.5) is 0 Å². The quantitative estimate of drug-likeness (QED) is 0.516. The monoisotopic (exact) mass is 251 g/mol. The average molecular weight is 251 g/mol. The number of unbranched alkanes of at least 4 members (excludes halogenated alkanes) is 9. The van der Waals surface area contributed by atoms with Crippen LogP contribution in [0.2, 0.25) is 0 Å². The average Bonchev–Trinajstić information content (AvgIpc) is 2.89. The van der Waals surface area contributed by atoms with Crippen LogP contribution in [-0.4, -0.2) is 24.0 Å². The Bertz CT molecular complexity index is 245. The van der Waals surface area contributed by atoms with Gasteiger partial charge in [-0.2, -0.15) is 0 Å². The van der Waals surface area contributed by atoms with Gasteiger partial charge in [-0.3, -0.25) is 4.99 Å². The summed E-state index contributed by atoms with van der Waals surface area (Å²) in [5.41, 5.74) is 1.30. The summed E-state index contributed by atoms with van der Waals surface area (Å²) in [6.45, 7) is 1.27. The van der Waals surface area contributed by atoms with E-state index < -0.39 is 0 Å². The molecule has 0 saturated carbocycles. The molecule has 0 fully saturated rings. The normalized spacial score (nSPS) is 14.2. The Kier molecular flexibility index (Phi) is 9.82. The van der Waals surface area contributed by atoms with Crippen molar-refractivity contribution in [2.75, 3.05) is 13.2 Å². The van der Waals surface area contributed by atoms with Gasteiger partial charge in [0, 0.05) is 12.3 Å². The van der Waals surface area contributed by atoms with Crippen LogP contribution in [0.1, 0.15) is 70.6 Å². The predicted molar refractivity (Wildman–Crippen MR) is 79.3 cm³/mol. The summed E-state index contributed by atoms with van der Waals surface area (Å²) in [5.74, 6) is 0. The van der Waals surface area contributed by atoms with Gasteiger partial charge in [0.25, 0.3) is 0 Å². The third-order valence-corrected chi connectivity index (χ3v) is 3.55. The molecule has 0 aromatic carbocycles. The summed E-state index contributed by atoms with van der Waals surface area (Å²) >= 11 is 0. The molecule has 2 nitrogen and oxygen atoms in total. The molecule has 0 unspecified atom stereocenters. The van der Waals surface area contributed by atoms with Crippen LogP contribution in [0.5, 0.6) is 0 Å². The molecule has 1 aliphatic heterocycles. The molecule has 104 valence electrons. The van der Waals surface area contributed by atoms with Crippen molar-refractivity contribution >= 4 is 5.71 Å². The minimum absolute atomic E-state index is 0.362. The highest BCUT2D eigenvalue weighted by Gasteiger charge is 1.99. The molecule has 2 heteroatoms. The lowest BCUT2D eigenvalue weighted by Crippen LogP contribution is -1.90. The number of aliphatic hydroxyl groups is 1. The van der Waals surface area contributed by atoms with E-state index in [2.05, 4.69) is 17.1 Å². The fourth-order valence-corrected chi connectivity index (χ4v) is 2.41. The van der Waals surface area contributed by atoms with E-state index in [1.165, 1.54) is 69.9 Å². The summed E-state index contributed by atoms with van der Waals surface area (Å²) < 4.78 is 0.